The molecule has 0 aliphatic carbocycles. The number of nitrogens with zero attached hydrogens (tertiary/aromatic N) is 4. The molecule has 0 spiro atoms. The predicted molar refractivity (Wildman–Crippen MR) is 87.9 cm³/mol. The van der Waals surface area contributed by atoms with Gasteiger partial charge in [0.2, 0.25) is 5.82 Å². The molecule has 2 aromatic rings. The third-order valence-corrected chi connectivity index (χ3v) is 3.19. The van der Waals surface area contributed by atoms with E-state index in [4.69, 9.17) is 9.47 Å². The first-order valence-corrected chi connectivity index (χ1v) is 7.47. The quantitative estimate of drug-likeness (QED) is 0.696. The number of methoxy groups -OCH3 is 1. The Balaban J connectivity index is 2.07. The molecule has 0 aliphatic heterocycles. The summed E-state index contributed by atoms with van der Waals surface area (Å²) in [5.74, 6) is -0.0930. The summed E-state index contributed by atoms with van der Waals surface area (Å²) in [5.41, 5.74) is 1.91. The Labute approximate surface area is 140 Å². The van der Waals surface area contributed by atoms with Crippen molar-refractivity contribution in [2.75, 3.05) is 7.11 Å². The van der Waals surface area contributed by atoms with Crippen LogP contribution < -0.4 is 9.47 Å². The summed E-state index contributed by atoms with van der Waals surface area (Å²) in [6, 6.07) is 7.44. The summed E-state index contributed by atoms with van der Waals surface area (Å²) < 4.78 is 24.3. The maximum Gasteiger partial charge on any atom is 0.318 e. The van der Waals surface area contributed by atoms with Gasteiger partial charge in [-0.15, -0.1) is 5.11 Å². The van der Waals surface area contributed by atoms with Crippen LogP contribution in [-0.4, -0.2) is 17.1 Å². The van der Waals surface area contributed by atoms with Crippen LogP contribution in [0.25, 0.3) is 0 Å². The molecule has 0 aliphatic rings. The number of rotatable bonds is 7. The van der Waals surface area contributed by atoms with Crippen LogP contribution in [-0.2, 0) is 6.61 Å². The van der Waals surface area contributed by atoms with Gasteiger partial charge in [-0.3, -0.25) is 0 Å². The Bertz CT molecular complexity index is 747. The SMILES string of the molecule is CC/C(C)=C/N=Nc1nc(OCc2cccc(OC)c2)ncc1F. The lowest BCUT2D eigenvalue weighted by atomic mass is 10.2. The second kappa shape index (κ2) is 8.71. The molecule has 2 rings (SSSR count). The van der Waals surface area contributed by atoms with Crippen molar-refractivity contribution in [2.45, 2.75) is 26.9 Å². The van der Waals surface area contributed by atoms with Crippen LogP contribution in [0, 0.1) is 5.82 Å². The van der Waals surface area contributed by atoms with Gasteiger partial charge in [0.1, 0.15) is 12.4 Å². The summed E-state index contributed by atoms with van der Waals surface area (Å²) in [4.78, 5) is 7.72. The van der Waals surface area contributed by atoms with E-state index < -0.39 is 5.82 Å². The number of hydrogen-bond acceptors (Lipinski definition) is 6. The zero-order chi connectivity index (χ0) is 17.4. The van der Waals surface area contributed by atoms with E-state index in [2.05, 4.69) is 20.2 Å². The molecule has 0 N–H and O–H groups in total. The summed E-state index contributed by atoms with van der Waals surface area (Å²) in [6.07, 6.45) is 3.43. The maximum absolute atomic E-state index is 13.7. The topological polar surface area (TPSA) is 69.0 Å². The highest BCUT2D eigenvalue weighted by Gasteiger charge is 2.07. The van der Waals surface area contributed by atoms with Gasteiger partial charge in [0, 0.05) is 6.20 Å². The fraction of sp³-hybridized carbons (Fsp3) is 0.294. The molecule has 0 amide bonds. The molecule has 1 heterocycles. The third-order valence-electron chi connectivity index (χ3n) is 3.19. The minimum Gasteiger partial charge on any atom is -0.497 e. The van der Waals surface area contributed by atoms with Gasteiger partial charge in [0.05, 0.1) is 13.3 Å². The minimum absolute atomic E-state index is 0.0318. The molecule has 0 unspecified atom stereocenters. The lowest BCUT2D eigenvalue weighted by molar-refractivity contribution is 0.279. The van der Waals surface area contributed by atoms with Crippen molar-refractivity contribution in [3.63, 3.8) is 0 Å². The molecular formula is C17H19FN4O2. The van der Waals surface area contributed by atoms with Crippen LogP contribution in [0.2, 0.25) is 0 Å². The Morgan fingerprint density at radius 3 is 2.96 bits per heavy atom. The fourth-order valence-electron chi connectivity index (χ4n) is 1.67. The van der Waals surface area contributed by atoms with E-state index in [1.165, 1.54) is 0 Å². The highest BCUT2D eigenvalue weighted by Crippen LogP contribution is 2.19. The maximum atomic E-state index is 13.7. The number of hydrogen-bond donors (Lipinski definition) is 0. The summed E-state index contributed by atoms with van der Waals surface area (Å²) >= 11 is 0. The lowest BCUT2D eigenvalue weighted by Crippen LogP contribution is -2.00. The number of ether oxygens (including phenoxy) is 2. The van der Waals surface area contributed by atoms with Crippen molar-refractivity contribution >= 4 is 5.82 Å². The van der Waals surface area contributed by atoms with E-state index in [0.29, 0.717) is 0 Å². The highest BCUT2D eigenvalue weighted by atomic mass is 19.1. The van der Waals surface area contributed by atoms with Crippen molar-refractivity contribution in [1.82, 2.24) is 9.97 Å². The average molecular weight is 330 g/mol. The van der Waals surface area contributed by atoms with Crippen LogP contribution in [0.1, 0.15) is 25.8 Å². The second-order valence-corrected chi connectivity index (χ2v) is 5.01. The molecule has 6 nitrogen and oxygen atoms in total. The molecule has 7 heteroatoms. The Hall–Kier alpha value is -2.83. The van der Waals surface area contributed by atoms with Gasteiger partial charge in [-0.1, -0.05) is 24.6 Å². The third kappa shape index (κ3) is 5.12. The summed E-state index contributed by atoms with van der Waals surface area (Å²) in [6.45, 7) is 4.14. The van der Waals surface area contributed by atoms with Gasteiger partial charge in [0.15, 0.2) is 5.82 Å². The monoisotopic (exact) mass is 330 g/mol. The van der Waals surface area contributed by atoms with Gasteiger partial charge >= 0.3 is 6.01 Å². The van der Waals surface area contributed by atoms with Crippen LogP contribution in [0.4, 0.5) is 10.2 Å². The Morgan fingerprint density at radius 1 is 1.38 bits per heavy atom. The molecule has 1 aromatic heterocycles. The molecule has 24 heavy (non-hydrogen) atoms. The van der Waals surface area contributed by atoms with E-state index >= 15 is 0 Å². The largest absolute Gasteiger partial charge is 0.497 e. The normalized spacial score (nSPS) is 11.8. The lowest BCUT2D eigenvalue weighted by Gasteiger charge is -2.06. The number of benzene rings is 1. The first-order chi connectivity index (χ1) is 11.6. The molecule has 0 saturated heterocycles. The second-order valence-electron chi connectivity index (χ2n) is 5.01. The van der Waals surface area contributed by atoms with E-state index in [1.54, 1.807) is 13.3 Å². The number of halogens is 1. The standard InChI is InChI=1S/C17H19FN4O2/c1-4-12(2)9-20-22-16-15(18)10-19-17(21-16)24-11-13-6-5-7-14(8-13)23-3/h5-10H,4,11H2,1-3H3/b12-9+,22-20?. The van der Waals surface area contributed by atoms with Crippen LogP contribution in [0.15, 0.2) is 52.5 Å². The van der Waals surface area contributed by atoms with Crippen molar-refractivity contribution in [2.24, 2.45) is 10.2 Å². The van der Waals surface area contributed by atoms with Gasteiger partial charge in [-0.25, -0.2) is 9.37 Å². The van der Waals surface area contributed by atoms with Crippen molar-refractivity contribution < 1.29 is 13.9 Å². The number of allylic oxidation sites excluding steroid dienone is 1. The minimum atomic E-state index is -0.657. The van der Waals surface area contributed by atoms with E-state index in [-0.39, 0.29) is 18.4 Å². The molecule has 126 valence electrons. The van der Waals surface area contributed by atoms with Crippen LogP contribution in [0.5, 0.6) is 11.8 Å². The summed E-state index contributed by atoms with van der Waals surface area (Å²) in [7, 11) is 1.59. The smallest absolute Gasteiger partial charge is 0.318 e. The van der Waals surface area contributed by atoms with Gasteiger partial charge in [-0.2, -0.15) is 10.1 Å². The molecule has 0 radical (unpaired) electrons. The van der Waals surface area contributed by atoms with Crippen molar-refractivity contribution in [3.05, 3.63) is 53.6 Å². The van der Waals surface area contributed by atoms with Gasteiger partial charge < -0.3 is 9.47 Å². The zero-order valence-corrected chi connectivity index (χ0v) is 13.9. The molecular weight excluding hydrogens is 311 g/mol. The first-order valence-electron chi connectivity index (χ1n) is 7.47. The Kier molecular flexibility index (Phi) is 6.36. The molecule has 0 bridgehead atoms. The Morgan fingerprint density at radius 2 is 2.21 bits per heavy atom. The average Bonchev–Trinajstić information content (AvgIpc) is 2.62. The predicted octanol–water partition coefficient (Wildman–Crippen LogP) is 4.60. The molecule has 0 fully saturated rings. The van der Waals surface area contributed by atoms with E-state index in [1.807, 2.05) is 38.1 Å². The van der Waals surface area contributed by atoms with Crippen molar-refractivity contribution in [1.29, 1.82) is 0 Å². The van der Waals surface area contributed by atoms with Gasteiger partial charge in [-0.05, 0) is 31.0 Å². The van der Waals surface area contributed by atoms with Crippen molar-refractivity contribution in [3.8, 4) is 11.8 Å². The fourth-order valence-corrected chi connectivity index (χ4v) is 1.67. The molecule has 0 saturated carbocycles. The van der Waals surface area contributed by atoms with Crippen LogP contribution in [0.3, 0.4) is 0 Å². The first kappa shape index (κ1) is 17.5. The highest BCUT2D eigenvalue weighted by molar-refractivity contribution is 5.29. The van der Waals surface area contributed by atoms with E-state index in [0.717, 1.165) is 29.5 Å². The zero-order valence-electron chi connectivity index (χ0n) is 13.9. The molecule has 1 aromatic carbocycles. The summed E-state index contributed by atoms with van der Waals surface area (Å²) in [5, 5.41) is 7.58. The van der Waals surface area contributed by atoms with E-state index in [9.17, 15) is 4.39 Å². The van der Waals surface area contributed by atoms with Gasteiger partial charge in [0.25, 0.3) is 0 Å². The number of aromatic nitrogens is 2. The van der Waals surface area contributed by atoms with Crippen LogP contribution >= 0.6 is 0 Å². The number of azo groups is 1. The molecule has 0 atom stereocenters.